The molecule has 0 bridgehead atoms. The SMILES string of the molecule is Cc1cc(NC(=O)CN2CCC(N3CCNC3=O)CC2)no1. The number of nitrogens with zero attached hydrogens (tertiary/aromatic N) is 3. The zero-order valence-electron chi connectivity index (χ0n) is 12.7. The van der Waals surface area contributed by atoms with Crippen molar-refractivity contribution in [2.45, 2.75) is 25.8 Å². The molecule has 8 heteroatoms. The van der Waals surface area contributed by atoms with Gasteiger partial charge < -0.3 is 20.1 Å². The first-order valence-corrected chi connectivity index (χ1v) is 7.62. The van der Waals surface area contributed by atoms with E-state index in [1.165, 1.54) is 0 Å². The van der Waals surface area contributed by atoms with Crippen molar-refractivity contribution in [1.82, 2.24) is 20.3 Å². The molecule has 3 amide bonds. The Morgan fingerprint density at radius 1 is 1.45 bits per heavy atom. The molecule has 8 nitrogen and oxygen atoms in total. The van der Waals surface area contributed by atoms with E-state index < -0.39 is 0 Å². The summed E-state index contributed by atoms with van der Waals surface area (Å²) in [7, 11) is 0. The van der Waals surface area contributed by atoms with Gasteiger partial charge in [-0.15, -0.1) is 0 Å². The Hall–Kier alpha value is -2.09. The van der Waals surface area contributed by atoms with Crippen LogP contribution in [-0.4, -0.2) is 65.7 Å². The minimum Gasteiger partial charge on any atom is -0.360 e. The lowest BCUT2D eigenvalue weighted by molar-refractivity contribution is -0.117. The van der Waals surface area contributed by atoms with E-state index >= 15 is 0 Å². The molecule has 22 heavy (non-hydrogen) atoms. The molecule has 3 heterocycles. The van der Waals surface area contributed by atoms with Crippen LogP contribution < -0.4 is 10.6 Å². The van der Waals surface area contributed by atoms with E-state index in [-0.39, 0.29) is 11.9 Å². The summed E-state index contributed by atoms with van der Waals surface area (Å²) in [6, 6.07) is 2.02. The zero-order valence-corrected chi connectivity index (χ0v) is 12.7. The highest BCUT2D eigenvalue weighted by Crippen LogP contribution is 2.18. The number of aryl methyl sites for hydroxylation is 1. The second-order valence-electron chi connectivity index (χ2n) is 5.80. The fraction of sp³-hybridized carbons (Fsp3) is 0.643. The van der Waals surface area contributed by atoms with Gasteiger partial charge in [0.05, 0.1) is 6.54 Å². The molecule has 0 aromatic carbocycles. The van der Waals surface area contributed by atoms with Crippen molar-refractivity contribution in [2.24, 2.45) is 0 Å². The standard InChI is InChI=1S/C14H21N5O3/c1-10-8-12(17-22-10)16-13(20)9-18-5-2-11(3-6-18)19-7-4-15-14(19)21/h8,11H,2-7,9H2,1H3,(H,15,21)(H,16,17,20). The van der Waals surface area contributed by atoms with Crippen LogP contribution >= 0.6 is 0 Å². The molecule has 2 aliphatic rings. The van der Waals surface area contributed by atoms with Crippen LogP contribution in [0.25, 0.3) is 0 Å². The molecule has 2 N–H and O–H groups in total. The van der Waals surface area contributed by atoms with Crippen molar-refractivity contribution in [1.29, 1.82) is 0 Å². The fourth-order valence-electron chi connectivity index (χ4n) is 3.03. The van der Waals surface area contributed by atoms with Crippen molar-refractivity contribution in [3.63, 3.8) is 0 Å². The second kappa shape index (κ2) is 6.35. The number of rotatable bonds is 4. The first kappa shape index (κ1) is 14.8. The Bertz CT molecular complexity index is 550. The minimum absolute atomic E-state index is 0.0394. The summed E-state index contributed by atoms with van der Waals surface area (Å²) >= 11 is 0. The van der Waals surface area contributed by atoms with Gasteiger partial charge >= 0.3 is 6.03 Å². The van der Waals surface area contributed by atoms with Crippen molar-refractivity contribution >= 4 is 17.8 Å². The van der Waals surface area contributed by atoms with E-state index in [4.69, 9.17) is 4.52 Å². The van der Waals surface area contributed by atoms with Crippen molar-refractivity contribution in [3.8, 4) is 0 Å². The van der Waals surface area contributed by atoms with E-state index in [9.17, 15) is 9.59 Å². The molecule has 120 valence electrons. The van der Waals surface area contributed by atoms with E-state index in [1.807, 2.05) is 4.90 Å². The third-order valence-electron chi connectivity index (χ3n) is 4.15. The van der Waals surface area contributed by atoms with Crippen LogP contribution in [0.15, 0.2) is 10.6 Å². The van der Waals surface area contributed by atoms with Gasteiger partial charge in [-0.3, -0.25) is 9.69 Å². The van der Waals surface area contributed by atoms with Gasteiger partial charge in [-0.25, -0.2) is 4.79 Å². The van der Waals surface area contributed by atoms with Gasteiger partial charge in [-0.05, 0) is 19.8 Å². The Kier molecular flexibility index (Phi) is 4.28. The molecule has 0 unspecified atom stereocenters. The molecule has 0 aliphatic carbocycles. The van der Waals surface area contributed by atoms with E-state index in [2.05, 4.69) is 20.7 Å². The Morgan fingerprint density at radius 3 is 2.82 bits per heavy atom. The molecule has 0 atom stereocenters. The number of hydrogen-bond acceptors (Lipinski definition) is 5. The molecule has 1 aromatic heterocycles. The molecule has 0 saturated carbocycles. The van der Waals surface area contributed by atoms with Crippen LogP contribution in [0.2, 0.25) is 0 Å². The van der Waals surface area contributed by atoms with Crippen LogP contribution in [-0.2, 0) is 4.79 Å². The van der Waals surface area contributed by atoms with Gasteiger partial charge in [-0.2, -0.15) is 0 Å². The zero-order chi connectivity index (χ0) is 15.5. The molecule has 3 rings (SSSR count). The summed E-state index contributed by atoms with van der Waals surface area (Å²) in [5, 5.41) is 9.30. The lowest BCUT2D eigenvalue weighted by atomic mass is 10.0. The summed E-state index contributed by atoms with van der Waals surface area (Å²) in [5.74, 6) is 1.02. The predicted octanol–water partition coefficient (Wildman–Crippen LogP) is 0.411. The summed E-state index contributed by atoms with van der Waals surface area (Å²) in [4.78, 5) is 27.6. The molecule has 0 spiro atoms. The summed E-state index contributed by atoms with van der Waals surface area (Å²) in [6.07, 6.45) is 1.81. The van der Waals surface area contributed by atoms with Gasteiger partial charge in [0.15, 0.2) is 5.82 Å². The van der Waals surface area contributed by atoms with E-state index in [0.717, 1.165) is 39.0 Å². The molecular formula is C14H21N5O3. The minimum atomic E-state index is -0.0920. The summed E-state index contributed by atoms with van der Waals surface area (Å²) in [6.45, 7) is 5.28. The van der Waals surface area contributed by atoms with Crippen LogP contribution in [0.1, 0.15) is 18.6 Å². The fourth-order valence-corrected chi connectivity index (χ4v) is 3.03. The monoisotopic (exact) mass is 307 g/mol. The van der Waals surface area contributed by atoms with E-state index in [0.29, 0.717) is 24.2 Å². The molecule has 0 radical (unpaired) electrons. The van der Waals surface area contributed by atoms with Gasteiger partial charge in [0.1, 0.15) is 5.76 Å². The molecule has 2 saturated heterocycles. The Labute approximate surface area is 128 Å². The topological polar surface area (TPSA) is 90.7 Å². The lowest BCUT2D eigenvalue weighted by Gasteiger charge is -2.35. The van der Waals surface area contributed by atoms with Crippen LogP contribution in [0.4, 0.5) is 10.6 Å². The average molecular weight is 307 g/mol. The quantitative estimate of drug-likeness (QED) is 0.841. The van der Waals surface area contributed by atoms with Crippen LogP contribution in [0.3, 0.4) is 0 Å². The maximum absolute atomic E-state index is 12.0. The number of carbonyl (C=O) groups is 2. The number of urea groups is 1. The smallest absolute Gasteiger partial charge is 0.317 e. The maximum Gasteiger partial charge on any atom is 0.317 e. The largest absolute Gasteiger partial charge is 0.360 e. The first-order chi connectivity index (χ1) is 10.6. The first-order valence-electron chi connectivity index (χ1n) is 7.62. The number of hydrogen-bond donors (Lipinski definition) is 2. The number of anilines is 1. The normalized spacial score (nSPS) is 20.2. The average Bonchev–Trinajstić information content (AvgIpc) is 3.08. The predicted molar refractivity (Wildman–Crippen MR) is 79.4 cm³/mol. The molecule has 1 aromatic rings. The van der Waals surface area contributed by atoms with Gasteiger partial charge in [-0.1, -0.05) is 5.16 Å². The highest BCUT2D eigenvalue weighted by Gasteiger charge is 2.30. The highest BCUT2D eigenvalue weighted by molar-refractivity contribution is 5.91. The molecule has 2 fully saturated rings. The third-order valence-corrected chi connectivity index (χ3v) is 4.15. The van der Waals surface area contributed by atoms with Crippen LogP contribution in [0.5, 0.6) is 0 Å². The third kappa shape index (κ3) is 3.38. The number of aromatic nitrogens is 1. The molecule has 2 aliphatic heterocycles. The number of carbonyl (C=O) groups excluding carboxylic acids is 2. The van der Waals surface area contributed by atoms with Crippen molar-refractivity contribution < 1.29 is 14.1 Å². The summed E-state index contributed by atoms with van der Waals surface area (Å²) in [5.41, 5.74) is 0. The van der Waals surface area contributed by atoms with Gasteiger partial charge in [0.25, 0.3) is 0 Å². The molecular weight excluding hydrogens is 286 g/mol. The number of likely N-dealkylation sites (tertiary alicyclic amines) is 1. The Balaban J connectivity index is 1.43. The maximum atomic E-state index is 12.0. The number of piperidine rings is 1. The van der Waals surface area contributed by atoms with Crippen molar-refractivity contribution in [3.05, 3.63) is 11.8 Å². The van der Waals surface area contributed by atoms with Gasteiger partial charge in [0, 0.05) is 38.3 Å². The number of amides is 3. The second-order valence-corrected chi connectivity index (χ2v) is 5.80. The summed E-state index contributed by atoms with van der Waals surface area (Å²) < 4.78 is 4.91. The van der Waals surface area contributed by atoms with Crippen molar-refractivity contribution in [2.75, 3.05) is 38.0 Å². The van der Waals surface area contributed by atoms with E-state index in [1.54, 1.807) is 13.0 Å². The number of nitrogens with one attached hydrogen (secondary N) is 2. The Morgan fingerprint density at radius 2 is 2.23 bits per heavy atom. The highest BCUT2D eigenvalue weighted by atomic mass is 16.5. The lowest BCUT2D eigenvalue weighted by Crippen LogP contribution is -2.47. The van der Waals surface area contributed by atoms with Crippen LogP contribution in [0, 0.1) is 6.92 Å². The van der Waals surface area contributed by atoms with Gasteiger partial charge in [0.2, 0.25) is 5.91 Å².